The summed E-state index contributed by atoms with van der Waals surface area (Å²) in [5, 5.41) is 7.44. The molecule has 2 aromatic rings. The average molecular weight is 438 g/mol. The van der Waals surface area contributed by atoms with E-state index in [1.54, 1.807) is 11.0 Å². The van der Waals surface area contributed by atoms with E-state index >= 15 is 0 Å². The molecule has 24 heavy (non-hydrogen) atoms. The lowest BCUT2D eigenvalue weighted by molar-refractivity contribution is 0.438. The van der Waals surface area contributed by atoms with E-state index in [1.807, 2.05) is 14.1 Å². The highest BCUT2D eigenvalue weighted by molar-refractivity contribution is 14.0. The number of benzene rings is 1. The summed E-state index contributed by atoms with van der Waals surface area (Å²) >= 11 is 0. The third-order valence-electron chi connectivity index (χ3n) is 4.07. The second-order valence-corrected chi connectivity index (χ2v) is 5.49. The van der Waals surface area contributed by atoms with Crippen molar-refractivity contribution in [3.63, 3.8) is 0 Å². The Morgan fingerprint density at radius 2 is 2.08 bits per heavy atom. The molecule has 0 atom stereocenters. The summed E-state index contributed by atoms with van der Waals surface area (Å²) in [7, 11) is 3.71. The van der Waals surface area contributed by atoms with Crippen LogP contribution in [-0.2, 0) is 13.6 Å². The summed E-state index contributed by atoms with van der Waals surface area (Å²) in [5.41, 5.74) is 2.72. The van der Waals surface area contributed by atoms with Gasteiger partial charge in [0.2, 0.25) is 0 Å². The van der Waals surface area contributed by atoms with Crippen LogP contribution in [0.2, 0.25) is 0 Å². The summed E-state index contributed by atoms with van der Waals surface area (Å²) in [4.78, 5) is 10.9. The lowest BCUT2D eigenvalue weighted by Crippen LogP contribution is -2.43. The number of aliphatic imine (C=N–C) groups is 1. The third-order valence-corrected chi connectivity index (χ3v) is 4.07. The first kappa shape index (κ1) is 18.4. The van der Waals surface area contributed by atoms with Crippen LogP contribution < -0.4 is 5.32 Å². The van der Waals surface area contributed by atoms with E-state index in [9.17, 15) is 0 Å². The zero-order chi connectivity index (χ0) is 16.1. The fraction of sp³-hybridized carbons (Fsp3) is 0.353. The van der Waals surface area contributed by atoms with Crippen LogP contribution in [0, 0.1) is 0 Å². The van der Waals surface area contributed by atoms with E-state index < -0.39 is 0 Å². The molecule has 2 heterocycles. The molecule has 0 saturated heterocycles. The highest BCUT2D eigenvalue weighted by Crippen LogP contribution is 2.21. The summed E-state index contributed by atoms with van der Waals surface area (Å²) in [6, 6.07) is 10.6. The van der Waals surface area contributed by atoms with Crippen molar-refractivity contribution in [2.45, 2.75) is 13.0 Å². The zero-order valence-corrected chi connectivity index (χ0v) is 16.3. The fourth-order valence-corrected chi connectivity index (χ4v) is 2.75. The van der Waals surface area contributed by atoms with Gasteiger partial charge in [-0.1, -0.05) is 36.4 Å². The number of aryl methyl sites for hydroxylation is 1. The van der Waals surface area contributed by atoms with Gasteiger partial charge in [0.25, 0.3) is 0 Å². The van der Waals surface area contributed by atoms with E-state index in [0.29, 0.717) is 6.54 Å². The predicted octanol–water partition coefficient (Wildman–Crippen LogP) is 2.30. The summed E-state index contributed by atoms with van der Waals surface area (Å²) in [5.74, 6) is 1.79. The number of aromatic nitrogens is 3. The number of halogens is 1. The van der Waals surface area contributed by atoms with Crippen molar-refractivity contribution in [2.75, 3.05) is 20.1 Å². The summed E-state index contributed by atoms with van der Waals surface area (Å²) in [6.45, 7) is 2.44. The van der Waals surface area contributed by atoms with Crippen molar-refractivity contribution in [3.8, 4) is 0 Å². The minimum absolute atomic E-state index is 0. The lowest BCUT2D eigenvalue weighted by atomic mass is 10.00. The van der Waals surface area contributed by atoms with E-state index in [4.69, 9.17) is 0 Å². The highest BCUT2D eigenvalue weighted by atomic mass is 127. The van der Waals surface area contributed by atoms with E-state index in [1.165, 1.54) is 11.1 Å². The van der Waals surface area contributed by atoms with Crippen molar-refractivity contribution in [3.05, 3.63) is 54.1 Å². The molecule has 1 aromatic carbocycles. The number of guanidine groups is 1. The molecular formula is C17H23IN6. The van der Waals surface area contributed by atoms with Crippen LogP contribution in [-0.4, -0.2) is 45.8 Å². The Morgan fingerprint density at radius 1 is 1.29 bits per heavy atom. The van der Waals surface area contributed by atoms with Gasteiger partial charge in [0, 0.05) is 27.2 Å². The van der Waals surface area contributed by atoms with Gasteiger partial charge in [-0.15, -0.1) is 24.0 Å². The number of nitrogens with one attached hydrogen (secondary N) is 1. The fourth-order valence-electron chi connectivity index (χ4n) is 2.75. The maximum atomic E-state index is 4.38. The second-order valence-electron chi connectivity index (χ2n) is 5.49. The first-order valence-corrected chi connectivity index (χ1v) is 7.81. The second kappa shape index (κ2) is 8.81. The minimum Gasteiger partial charge on any atom is -0.349 e. The largest absolute Gasteiger partial charge is 0.349 e. The molecule has 1 N–H and O–H groups in total. The molecule has 6 nitrogen and oxygen atoms in total. The molecule has 1 aliphatic rings. The molecular weight excluding hydrogens is 415 g/mol. The van der Waals surface area contributed by atoms with Crippen molar-refractivity contribution in [1.29, 1.82) is 0 Å². The molecule has 128 valence electrons. The van der Waals surface area contributed by atoms with Gasteiger partial charge in [0.15, 0.2) is 5.96 Å². The van der Waals surface area contributed by atoms with Crippen LogP contribution in [0.25, 0.3) is 5.57 Å². The van der Waals surface area contributed by atoms with Gasteiger partial charge in [0.1, 0.15) is 12.2 Å². The first-order valence-electron chi connectivity index (χ1n) is 7.81. The van der Waals surface area contributed by atoms with Gasteiger partial charge in [-0.3, -0.25) is 9.67 Å². The topological polar surface area (TPSA) is 58.3 Å². The van der Waals surface area contributed by atoms with Crippen LogP contribution in [0.4, 0.5) is 0 Å². The van der Waals surface area contributed by atoms with Gasteiger partial charge in [-0.05, 0) is 17.6 Å². The molecule has 0 radical (unpaired) electrons. The first-order chi connectivity index (χ1) is 11.3. The Labute approximate surface area is 159 Å². The Bertz CT molecular complexity index is 707. The molecule has 1 aliphatic heterocycles. The Morgan fingerprint density at radius 3 is 2.67 bits per heavy atom. The molecule has 7 heteroatoms. The quantitative estimate of drug-likeness (QED) is 0.454. The average Bonchev–Trinajstić information content (AvgIpc) is 3.02. The molecule has 0 unspecified atom stereocenters. The normalized spacial score (nSPS) is 14.8. The minimum atomic E-state index is 0. The molecule has 1 aromatic heterocycles. The summed E-state index contributed by atoms with van der Waals surface area (Å²) < 4.78 is 1.77. The van der Waals surface area contributed by atoms with Crippen LogP contribution in [0.15, 0.2) is 47.7 Å². The Balaban J connectivity index is 0.00000208. The van der Waals surface area contributed by atoms with Gasteiger partial charge in [-0.2, -0.15) is 5.10 Å². The van der Waals surface area contributed by atoms with Crippen LogP contribution in [0.3, 0.4) is 0 Å². The smallest absolute Gasteiger partial charge is 0.194 e. The number of rotatable bonds is 3. The summed E-state index contributed by atoms with van der Waals surface area (Å²) in [6.07, 6.45) is 4.87. The van der Waals surface area contributed by atoms with Crippen LogP contribution >= 0.6 is 24.0 Å². The van der Waals surface area contributed by atoms with Crippen molar-refractivity contribution < 1.29 is 0 Å². The standard InChI is InChI=1S/C17H22N6.HI/c1-18-17(19-12-16-20-13-21-22(16)2)23-10-8-15(9-11-23)14-6-4-3-5-7-14;/h3-8,13H,9-12H2,1-2H3,(H,18,19);1H. The van der Waals surface area contributed by atoms with Gasteiger partial charge < -0.3 is 10.2 Å². The monoisotopic (exact) mass is 438 g/mol. The number of nitrogens with zero attached hydrogens (tertiary/aromatic N) is 5. The van der Waals surface area contributed by atoms with Crippen molar-refractivity contribution >= 4 is 35.5 Å². The number of hydrogen-bond acceptors (Lipinski definition) is 3. The zero-order valence-electron chi connectivity index (χ0n) is 14.0. The molecule has 0 aliphatic carbocycles. The van der Waals surface area contributed by atoms with Crippen LogP contribution in [0.1, 0.15) is 17.8 Å². The molecule has 3 rings (SSSR count). The van der Waals surface area contributed by atoms with Gasteiger partial charge >= 0.3 is 0 Å². The number of hydrogen-bond donors (Lipinski definition) is 1. The molecule has 0 spiro atoms. The lowest BCUT2D eigenvalue weighted by Gasteiger charge is -2.29. The van der Waals surface area contributed by atoms with E-state index in [-0.39, 0.29) is 24.0 Å². The van der Waals surface area contributed by atoms with Gasteiger partial charge in [-0.25, -0.2) is 4.98 Å². The third kappa shape index (κ3) is 4.34. The van der Waals surface area contributed by atoms with Gasteiger partial charge in [0.05, 0.1) is 6.54 Å². The maximum absolute atomic E-state index is 4.38. The Hall–Kier alpha value is -1.90. The van der Waals surface area contributed by atoms with Crippen molar-refractivity contribution in [1.82, 2.24) is 25.0 Å². The molecule has 0 saturated carbocycles. The van der Waals surface area contributed by atoms with Crippen molar-refractivity contribution in [2.24, 2.45) is 12.0 Å². The Kier molecular flexibility index (Phi) is 6.77. The highest BCUT2D eigenvalue weighted by Gasteiger charge is 2.16. The molecule has 0 fully saturated rings. The van der Waals surface area contributed by atoms with Crippen LogP contribution in [0.5, 0.6) is 0 Å². The van der Waals surface area contributed by atoms with E-state index in [0.717, 1.165) is 31.3 Å². The predicted molar refractivity (Wildman–Crippen MR) is 107 cm³/mol. The maximum Gasteiger partial charge on any atom is 0.194 e. The molecule has 0 amide bonds. The molecule has 0 bridgehead atoms. The SMILES string of the molecule is CN=C(NCc1ncnn1C)N1CC=C(c2ccccc2)CC1.I. The van der Waals surface area contributed by atoms with E-state index in [2.05, 4.69) is 61.7 Å².